The average Bonchev–Trinajstić information content (AvgIpc) is 2.63. The maximum atomic E-state index is 13.1. The summed E-state index contributed by atoms with van der Waals surface area (Å²) in [4.78, 5) is 24.5. The summed E-state index contributed by atoms with van der Waals surface area (Å²) >= 11 is 1.41. The molecule has 0 aromatic heterocycles. The molecule has 1 unspecified atom stereocenters. The first-order valence-corrected chi connectivity index (χ1v) is 8.91. The number of benzene rings is 2. The number of aliphatic hydroxyl groups excluding tert-OH is 1. The van der Waals surface area contributed by atoms with E-state index in [1.165, 1.54) is 30.0 Å². The molecule has 0 spiro atoms. The highest BCUT2D eigenvalue weighted by Crippen LogP contribution is 2.31. The second-order valence-electron chi connectivity index (χ2n) is 5.68. The number of amides is 2. The van der Waals surface area contributed by atoms with Gasteiger partial charge in [-0.1, -0.05) is 6.07 Å². The minimum Gasteiger partial charge on any atom is -0.491 e. The van der Waals surface area contributed by atoms with Crippen LogP contribution in [0.4, 0.5) is 10.1 Å². The number of ether oxygens (including phenoxy) is 1. The Morgan fingerprint density at radius 1 is 1.35 bits per heavy atom. The Balaban J connectivity index is 1.50. The molecule has 0 saturated carbocycles. The van der Waals surface area contributed by atoms with E-state index in [1.807, 2.05) is 0 Å². The molecule has 26 heavy (non-hydrogen) atoms. The van der Waals surface area contributed by atoms with Gasteiger partial charge in [0.2, 0.25) is 5.91 Å². The Hall–Kier alpha value is -2.58. The molecule has 0 aliphatic carbocycles. The Labute approximate surface area is 153 Å². The Kier molecular flexibility index (Phi) is 5.75. The molecule has 2 aromatic carbocycles. The fraction of sp³-hybridized carbons (Fsp3) is 0.222. The van der Waals surface area contributed by atoms with Gasteiger partial charge in [0.05, 0.1) is 11.4 Å². The lowest BCUT2D eigenvalue weighted by Gasteiger charge is -2.17. The molecular weight excluding hydrogens is 359 g/mol. The number of rotatable bonds is 6. The highest BCUT2D eigenvalue weighted by atomic mass is 32.2. The van der Waals surface area contributed by atoms with Crippen molar-refractivity contribution in [3.05, 3.63) is 53.8 Å². The normalized spacial score (nSPS) is 14.2. The smallest absolute Gasteiger partial charge is 0.251 e. The first-order valence-electron chi connectivity index (χ1n) is 7.92. The lowest BCUT2D eigenvalue weighted by atomic mass is 10.1. The largest absolute Gasteiger partial charge is 0.491 e. The minimum absolute atomic E-state index is 0.0215. The molecule has 1 atom stereocenters. The van der Waals surface area contributed by atoms with Crippen molar-refractivity contribution in [3.63, 3.8) is 0 Å². The van der Waals surface area contributed by atoms with Crippen molar-refractivity contribution in [2.24, 2.45) is 0 Å². The topological polar surface area (TPSA) is 87.7 Å². The van der Waals surface area contributed by atoms with Gasteiger partial charge >= 0.3 is 0 Å². The van der Waals surface area contributed by atoms with E-state index < -0.39 is 11.9 Å². The van der Waals surface area contributed by atoms with Gasteiger partial charge in [0.1, 0.15) is 24.3 Å². The SMILES string of the molecule is O=C1CSc2ccc(C(=O)NCC(O)COc3cccc(F)c3)cc2N1. The van der Waals surface area contributed by atoms with Crippen LogP contribution in [-0.4, -0.2) is 41.9 Å². The van der Waals surface area contributed by atoms with Crippen LogP contribution in [0.25, 0.3) is 0 Å². The molecule has 136 valence electrons. The second-order valence-corrected chi connectivity index (χ2v) is 6.70. The molecule has 3 N–H and O–H groups in total. The predicted octanol–water partition coefficient (Wildman–Crippen LogP) is 2.04. The van der Waals surface area contributed by atoms with E-state index in [0.29, 0.717) is 22.8 Å². The summed E-state index contributed by atoms with van der Waals surface area (Å²) in [6.07, 6.45) is -0.949. The molecule has 0 radical (unpaired) electrons. The van der Waals surface area contributed by atoms with E-state index in [2.05, 4.69) is 10.6 Å². The van der Waals surface area contributed by atoms with Gasteiger partial charge in [-0.25, -0.2) is 4.39 Å². The molecule has 0 saturated heterocycles. The Bertz CT molecular complexity index is 831. The number of nitrogens with one attached hydrogen (secondary N) is 2. The second kappa shape index (κ2) is 8.20. The average molecular weight is 376 g/mol. The summed E-state index contributed by atoms with van der Waals surface area (Å²) in [6, 6.07) is 10.6. The fourth-order valence-electron chi connectivity index (χ4n) is 2.35. The summed E-state index contributed by atoms with van der Waals surface area (Å²) < 4.78 is 18.3. The fourth-order valence-corrected chi connectivity index (χ4v) is 3.13. The molecule has 1 aliphatic heterocycles. The number of anilines is 1. The Morgan fingerprint density at radius 3 is 3.00 bits per heavy atom. The quantitative estimate of drug-likeness (QED) is 0.718. The van der Waals surface area contributed by atoms with Crippen LogP contribution in [-0.2, 0) is 4.79 Å². The standard InChI is InChI=1S/C18H17FN2O4S/c19-12-2-1-3-14(7-12)25-9-13(22)8-20-18(24)11-4-5-16-15(6-11)21-17(23)10-26-16/h1-7,13,22H,8-10H2,(H,20,24)(H,21,23). The van der Waals surface area contributed by atoms with Crippen molar-refractivity contribution >= 4 is 29.3 Å². The molecule has 8 heteroatoms. The third-order valence-electron chi connectivity index (χ3n) is 3.61. The highest BCUT2D eigenvalue weighted by Gasteiger charge is 2.17. The van der Waals surface area contributed by atoms with Gasteiger partial charge in [-0.05, 0) is 30.3 Å². The lowest BCUT2D eigenvalue weighted by molar-refractivity contribution is -0.113. The van der Waals surface area contributed by atoms with Crippen molar-refractivity contribution in [1.82, 2.24) is 5.32 Å². The zero-order valence-corrected chi connectivity index (χ0v) is 14.5. The minimum atomic E-state index is -0.949. The molecule has 1 heterocycles. The van der Waals surface area contributed by atoms with Crippen LogP contribution in [0, 0.1) is 5.82 Å². The zero-order valence-electron chi connectivity index (χ0n) is 13.7. The summed E-state index contributed by atoms with van der Waals surface area (Å²) in [5.74, 6) is -0.246. The van der Waals surface area contributed by atoms with Crippen LogP contribution in [0.3, 0.4) is 0 Å². The van der Waals surface area contributed by atoms with Crippen LogP contribution >= 0.6 is 11.8 Å². The number of fused-ring (bicyclic) bond motifs is 1. The summed E-state index contributed by atoms with van der Waals surface area (Å²) in [6.45, 7) is -0.104. The monoisotopic (exact) mass is 376 g/mol. The van der Waals surface area contributed by atoms with E-state index in [1.54, 1.807) is 24.3 Å². The molecule has 6 nitrogen and oxygen atoms in total. The number of carbonyl (C=O) groups excluding carboxylic acids is 2. The van der Waals surface area contributed by atoms with Gasteiger partial charge in [-0.2, -0.15) is 0 Å². The van der Waals surface area contributed by atoms with E-state index in [-0.39, 0.29) is 25.0 Å². The van der Waals surface area contributed by atoms with Crippen LogP contribution in [0.5, 0.6) is 5.75 Å². The predicted molar refractivity (Wildman–Crippen MR) is 96.0 cm³/mol. The van der Waals surface area contributed by atoms with Gasteiger partial charge in [-0.15, -0.1) is 11.8 Å². The van der Waals surface area contributed by atoms with Crippen molar-refractivity contribution in [3.8, 4) is 5.75 Å². The molecule has 0 bridgehead atoms. The van der Waals surface area contributed by atoms with E-state index in [0.717, 1.165) is 4.90 Å². The molecule has 0 fully saturated rings. The maximum Gasteiger partial charge on any atom is 0.251 e. The molecule has 2 amide bonds. The van der Waals surface area contributed by atoms with E-state index >= 15 is 0 Å². The number of hydrogen-bond donors (Lipinski definition) is 3. The van der Waals surface area contributed by atoms with E-state index in [4.69, 9.17) is 4.74 Å². The number of hydrogen-bond acceptors (Lipinski definition) is 5. The number of halogens is 1. The summed E-state index contributed by atoms with van der Waals surface area (Å²) in [7, 11) is 0. The summed E-state index contributed by atoms with van der Waals surface area (Å²) in [5.41, 5.74) is 0.985. The van der Waals surface area contributed by atoms with Crippen molar-refractivity contribution in [2.45, 2.75) is 11.0 Å². The van der Waals surface area contributed by atoms with Crippen molar-refractivity contribution < 1.29 is 23.8 Å². The van der Waals surface area contributed by atoms with Crippen molar-refractivity contribution in [2.75, 3.05) is 24.2 Å². The van der Waals surface area contributed by atoms with Crippen LogP contribution in [0.15, 0.2) is 47.4 Å². The number of aliphatic hydroxyl groups is 1. The number of carbonyl (C=O) groups is 2. The third-order valence-corrected chi connectivity index (χ3v) is 4.68. The molecular formula is C18H17FN2O4S. The molecule has 2 aromatic rings. The van der Waals surface area contributed by atoms with E-state index in [9.17, 15) is 19.1 Å². The van der Waals surface area contributed by atoms with Gasteiger partial charge in [-0.3, -0.25) is 9.59 Å². The first kappa shape index (κ1) is 18.2. The summed E-state index contributed by atoms with van der Waals surface area (Å²) in [5, 5.41) is 15.2. The van der Waals surface area contributed by atoms with Crippen molar-refractivity contribution in [1.29, 1.82) is 0 Å². The third kappa shape index (κ3) is 4.74. The van der Waals surface area contributed by atoms with Crippen LogP contribution in [0.2, 0.25) is 0 Å². The van der Waals surface area contributed by atoms with Crippen LogP contribution in [0.1, 0.15) is 10.4 Å². The highest BCUT2D eigenvalue weighted by molar-refractivity contribution is 8.00. The zero-order chi connectivity index (χ0) is 18.5. The lowest BCUT2D eigenvalue weighted by Crippen LogP contribution is -2.35. The van der Waals surface area contributed by atoms with Gasteiger partial charge in [0, 0.05) is 23.1 Å². The Morgan fingerprint density at radius 2 is 2.19 bits per heavy atom. The number of thioether (sulfide) groups is 1. The van der Waals surface area contributed by atoms with Gasteiger partial charge in [0.25, 0.3) is 5.91 Å². The van der Waals surface area contributed by atoms with Gasteiger partial charge < -0.3 is 20.5 Å². The first-order chi connectivity index (χ1) is 12.5. The van der Waals surface area contributed by atoms with Crippen LogP contribution < -0.4 is 15.4 Å². The molecule has 3 rings (SSSR count). The van der Waals surface area contributed by atoms with Gasteiger partial charge in [0.15, 0.2) is 0 Å². The maximum absolute atomic E-state index is 13.1. The molecule has 1 aliphatic rings.